The van der Waals surface area contributed by atoms with E-state index in [1.54, 1.807) is 12.1 Å². The van der Waals surface area contributed by atoms with Gasteiger partial charge < -0.3 is 10.5 Å². The molecule has 0 bridgehead atoms. The number of methoxy groups -OCH3 is 1. The van der Waals surface area contributed by atoms with Crippen molar-refractivity contribution in [2.45, 2.75) is 12.2 Å². The van der Waals surface area contributed by atoms with Crippen molar-refractivity contribution in [3.8, 4) is 5.75 Å². The Morgan fingerprint density at radius 1 is 1.00 bits per heavy atom. The molecule has 0 aliphatic heterocycles. The van der Waals surface area contributed by atoms with Crippen molar-refractivity contribution >= 4 is 0 Å². The van der Waals surface area contributed by atoms with Gasteiger partial charge in [-0.1, -0.05) is 30.3 Å². The first kappa shape index (κ1) is 14.4. The van der Waals surface area contributed by atoms with Gasteiger partial charge in [-0.25, -0.2) is 0 Å². The Bertz CT molecular complexity index is 578. The second kappa shape index (κ2) is 5.54. The third-order valence-electron chi connectivity index (χ3n) is 3.07. The van der Waals surface area contributed by atoms with E-state index in [-0.39, 0.29) is 0 Å². The normalized spacial score (nSPS) is 13.1. The summed E-state index contributed by atoms with van der Waals surface area (Å²) in [5, 5.41) is 0. The van der Waals surface area contributed by atoms with Gasteiger partial charge in [-0.3, -0.25) is 0 Å². The first-order valence-electron chi connectivity index (χ1n) is 5.99. The number of halogens is 3. The zero-order valence-corrected chi connectivity index (χ0v) is 10.8. The van der Waals surface area contributed by atoms with Crippen molar-refractivity contribution in [3.05, 3.63) is 65.2 Å². The molecule has 0 spiro atoms. The average molecular weight is 281 g/mol. The van der Waals surface area contributed by atoms with Crippen molar-refractivity contribution in [1.29, 1.82) is 0 Å². The maximum absolute atomic E-state index is 12.5. The summed E-state index contributed by atoms with van der Waals surface area (Å²) in [6, 6.07) is 11.5. The third kappa shape index (κ3) is 2.93. The lowest BCUT2D eigenvalue weighted by molar-refractivity contribution is -0.137. The summed E-state index contributed by atoms with van der Waals surface area (Å²) < 4.78 is 42.7. The Labute approximate surface area is 115 Å². The second-order valence-corrected chi connectivity index (χ2v) is 4.34. The van der Waals surface area contributed by atoms with Gasteiger partial charge in [0.05, 0.1) is 18.7 Å². The summed E-state index contributed by atoms with van der Waals surface area (Å²) in [4.78, 5) is 0. The molecule has 2 aromatic rings. The SMILES string of the molecule is COc1ccccc1C(N)c1ccc(C(F)(F)F)cc1. The van der Waals surface area contributed by atoms with Crippen molar-refractivity contribution in [2.75, 3.05) is 7.11 Å². The van der Waals surface area contributed by atoms with Crippen LogP contribution in [0, 0.1) is 0 Å². The van der Waals surface area contributed by atoms with Crippen LogP contribution >= 0.6 is 0 Å². The average Bonchev–Trinajstić information content (AvgIpc) is 2.45. The Kier molecular flexibility index (Phi) is 3.99. The number of para-hydroxylation sites is 1. The molecule has 106 valence electrons. The van der Waals surface area contributed by atoms with Crippen LogP contribution in [-0.2, 0) is 6.18 Å². The molecule has 20 heavy (non-hydrogen) atoms. The Morgan fingerprint density at radius 2 is 1.60 bits per heavy atom. The summed E-state index contributed by atoms with van der Waals surface area (Å²) in [5.74, 6) is 0.611. The van der Waals surface area contributed by atoms with Crippen LogP contribution in [-0.4, -0.2) is 7.11 Å². The standard InChI is InChI=1S/C15H14F3NO/c1-20-13-5-3-2-4-12(13)14(19)10-6-8-11(9-7-10)15(16,17)18/h2-9,14H,19H2,1H3. The largest absolute Gasteiger partial charge is 0.496 e. The van der Waals surface area contributed by atoms with E-state index in [0.717, 1.165) is 17.7 Å². The predicted octanol–water partition coefficient (Wildman–Crippen LogP) is 3.76. The van der Waals surface area contributed by atoms with Gasteiger partial charge in [0.2, 0.25) is 0 Å². The molecule has 0 heterocycles. The lowest BCUT2D eigenvalue weighted by Gasteiger charge is -2.16. The minimum Gasteiger partial charge on any atom is -0.496 e. The van der Waals surface area contributed by atoms with Gasteiger partial charge in [-0.05, 0) is 23.8 Å². The zero-order valence-electron chi connectivity index (χ0n) is 10.8. The molecule has 0 fully saturated rings. The molecule has 0 aliphatic rings. The zero-order chi connectivity index (χ0) is 14.8. The highest BCUT2D eigenvalue weighted by Crippen LogP contribution is 2.32. The lowest BCUT2D eigenvalue weighted by Crippen LogP contribution is -2.13. The van der Waals surface area contributed by atoms with Gasteiger partial charge in [-0.15, -0.1) is 0 Å². The number of hydrogen-bond donors (Lipinski definition) is 1. The van der Waals surface area contributed by atoms with Crippen LogP contribution in [0.3, 0.4) is 0 Å². The fraction of sp³-hybridized carbons (Fsp3) is 0.200. The fourth-order valence-electron chi connectivity index (χ4n) is 1.98. The first-order valence-corrected chi connectivity index (χ1v) is 5.99. The number of hydrogen-bond acceptors (Lipinski definition) is 2. The van der Waals surface area contributed by atoms with E-state index in [0.29, 0.717) is 11.3 Å². The maximum Gasteiger partial charge on any atom is 0.416 e. The quantitative estimate of drug-likeness (QED) is 0.929. The number of alkyl halides is 3. The highest BCUT2D eigenvalue weighted by atomic mass is 19.4. The molecule has 2 nitrogen and oxygen atoms in total. The molecule has 0 saturated heterocycles. The van der Waals surface area contributed by atoms with Crippen molar-refractivity contribution < 1.29 is 17.9 Å². The molecular weight excluding hydrogens is 267 g/mol. The van der Waals surface area contributed by atoms with Crippen molar-refractivity contribution in [2.24, 2.45) is 5.73 Å². The van der Waals surface area contributed by atoms with Crippen molar-refractivity contribution in [3.63, 3.8) is 0 Å². The van der Waals surface area contributed by atoms with Crippen LogP contribution in [0.2, 0.25) is 0 Å². The van der Waals surface area contributed by atoms with E-state index in [9.17, 15) is 13.2 Å². The molecule has 2 aromatic carbocycles. The molecule has 0 saturated carbocycles. The van der Waals surface area contributed by atoms with E-state index >= 15 is 0 Å². The summed E-state index contributed by atoms with van der Waals surface area (Å²) in [5.41, 5.74) is 6.73. The van der Waals surface area contributed by atoms with Crippen LogP contribution in [0.5, 0.6) is 5.75 Å². The molecule has 2 rings (SSSR count). The van der Waals surface area contributed by atoms with Crippen LogP contribution in [0.1, 0.15) is 22.7 Å². The number of nitrogens with two attached hydrogens (primary N) is 1. The fourth-order valence-corrected chi connectivity index (χ4v) is 1.98. The minimum absolute atomic E-state index is 0.534. The highest BCUT2D eigenvalue weighted by molar-refractivity contribution is 5.41. The van der Waals surface area contributed by atoms with Gasteiger partial charge >= 0.3 is 6.18 Å². The van der Waals surface area contributed by atoms with Gasteiger partial charge in [0.25, 0.3) is 0 Å². The van der Waals surface area contributed by atoms with E-state index < -0.39 is 17.8 Å². The van der Waals surface area contributed by atoms with E-state index in [1.807, 2.05) is 12.1 Å². The molecule has 0 aromatic heterocycles. The summed E-state index contributed by atoms with van der Waals surface area (Å²) >= 11 is 0. The van der Waals surface area contributed by atoms with Gasteiger partial charge in [0.15, 0.2) is 0 Å². The number of benzene rings is 2. The van der Waals surface area contributed by atoms with Crippen LogP contribution in [0.25, 0.3) is 0 Å². The molecule has 0 amide bonds. The lowest BCUT2D eigenvalue weighted by atomic mass is 9.98. The smallest absolute Gasteiger partial charge is 0.416 e. The molecule has 1 atom stereocenters. The Morgan fingerprint density at radius 3 is 2.15 bits per heavy atom. The molecule has 1 unspecified atom stereocenters. The maximum atomic E-state index is 12.5. The Hall–Kier alpha value is -2.01. The minimum atomic E-state index is -4.34. The van der Waals surface area contributed by atoms with Gasteiger partial charge in [0.1, 0.15) is 5.75 Å². The van der Waals surface area contributed by atoms with E-state index in [1.165, 1.54) is 19.2 Å². The molecular formula is C15H14F3NO. The summed E-state index contributed by atoms with van der Waals surface area (Å²) in [7, 11) is 1.53. The monoisotopic (exact) mass is 281 g/mol. The van der Waals surface area contributed by atoms with Crippen molar-refractivity contribution in [1.82, 2.24) is 0 Å². The number of ether oxygens (including phenoxy) is 1. The predicted molar refractivity (Wildman–Crippen MR) is 70.5 cm³/mol. The number of rotatable bonds is 3. The molecule has 2 N–H and O–H groups in total. The van der Waals surface area contributed by atoms with Crippen LogP contribution in [0.15, 0.2) is 48.5 Å². The summed E-state index contributed by atoms with van der Waals surface area (Å²) in [6.07, 6.45) is -4.34. The first-order chi connectivity index (χ1) is 9.43. The molecule has 5 heteroatoms. The third-order valence-corrected chi connectivity index (χ3v) is 3.07. The molecule has 0 aliphatic carbocycles. The van der Waals surface area contributed by atoms with Gasteiger partial charge in [0, 0.05) is 5.56 Å². The van der Waals surface area contributed by atoms with E-state index in [4.69, 9.17) is 10.5 Å². The highest BCUT2D eigenvalue weighted by Gasteiger charge is 2.30. The summed E-state index contributed by atoms with van der Waals surface area (Å²) in [6.45, 7) is 0. The van der Waals surface area contributed by atoms with Gasteiger partial charge in [-0.2, -0.15) is 13.2 Å². The topological polar surface area (TPSA) is 35.2 Å². The Balaban J connectivity index is 2.32. The van der Waals surface area contributed by atoms with E-state index in [2.05, 4.69) is 0 Å². The second-order valence-electron chi connectivity index (χ2n) is 4.34. The van der Waals surface area contributed by atoms with Crippen LogP contribution < -0.4 is 10.5 Å². The van der Waals surface area contributed by atoms with Crippen LogP contribution in [0.4, 0.5) is 13.2 Å². The molecule has 0 radical (unpaired) electrons.